The highest BCUT2D eigenvalue weighted by atomic mass is 32.2. The van der Waals surface area contributed by atoms with Gasteiger partial charge in [-0.3, -0.25) is 4.68 Å². The molecule has 0 spiro atoms. The topological polar surface area (TPSA) is 46.0 Å². The molecule has 5 nitrogen and oxygen atoms in total. The Balaban J connectivity index is 1.57. The van der Waals surface area contributed by atoms with Crippen molar-refractivity contribution in [3.63, 3.8) is 0 Å². The molecule has 1 aromatic carbocycles. The molecule has 138 valence electrons. The van der Waals surface area contributed by atoms with Gasteiger partial charge in [0.15, 0.2) is 0 Å². The van der Waals surface area contributed by atoms with E-state index >= 15 is 0 Å². The van der Waals surface area contributed by atoms with Gasteiger partial charge in [0.05, 0.1) is 23.0 Å². The number of nitrogens with zero attached hydrogens (tertiary/aromatic N) is 4. The second-order valence-corrected chi connectivity index (χ2v) is 6.69. The quantitative estimate of drug-likeness (QED) is 0.513. The maximum atomic E-state index is 12.8. The number of pyridine rings is 1. The first kappa shape index (κ1) is 18.4. The number of aromatic nitrogens is 3. The number of alkyl halides is 3. The third-order valence-electron chi connectivity index (χ3n) is 3.94. The first-order valence-electron chi connectivity index (χ1n) is 7.89. The van der Waals surface area contributed by atoms with Crippen molar-refractivity contribution in [3.05, 3.63) is 48.3 Å². The van der Waals surface area contributed by atoms with E-state index in [0.29, 0.717) is 18.1 Å². The van der Waals surface area contributed by atoms with Crippen LogP contribution in [0, 0.1) is 0 Å². The molecule has 0 unspecified atom stereocenters. The van der Waals surface area contributed by atoms with Crippen LogP contribution in [0.2, 0.25) is 0 Å². The molecule has 2 aromatic heterocycles. The van der Waals surface area contributed by atoms with Crippen LogP contribution in [-0.2, 0) is 13.2 Å². The Kier molecular flexibility index (Phi) is 5.26. The number of aryl methyl sites for hydroxylation is 1. The van der Waals surface area contributed by atoms with Crippen LogP contribution in [0.4, 0.5) is 24.7 Å². The molecular formula is C17H18F3N5S. The Morgan fingerprint density at radius 3 is 2.85 bits per heavy atom. The highest BCUT2D eigenvalue weighted by Crippen LogP contribution is 2.30. The first-order valence-corrected chi connectivity index (χ1v) is 8.88. The largest absolute Gasteiger partial charge is 0.416 e. The summed E-state index contributed by atoms with van der Waals surface area (Å²) in [6, 6.07) is 7.95. The van der Waals surface area contributed by atoms with Gasteiger partial charge in [-0.15, -0.1) is 0 Å². The molecule has 3 aromatic rings. The fraction of sp³-hybridized carbons (Fsp3) is 0.294. The Labute approximate surface area is 153 Å². The van der Waals surface area contributed by atoms with Crippen molar-refractivity contribution >= 4 is 34.4 Å². The lowest BCUT2D eigenvalue weighted by molar-refractivity contribution is -0.137. The molecule has 0 aliphatic carbocycles. The normalized spacial score (nSPS) is 11.7. The fourth-order valence-corrected chi connectivity index (χ4v) is 3.33. The van der Waals surface area contributed by atoms with E-state index in [-0.39, 0.29) is 0 Å². The van der Waals surface area contributed by atoms with Crippen molar-refractivity contribution in [1.82, 2.24) is 14.8 Å². The summed E-state index contributed by atoms with van der Waals surface area (Å²) in [5, 5.41) is 5.28. The molecule has 2 heterocycles. The minimum atomic E-state index is -4.36. The molecular weight excluding hydrogens is 363 g/mol. The van der Waals surface area contributed by atoms with Gasteiger partial charge < -0.3 is 9.62 Å². The van der Waals surface area contributed by atoms with Crippen LogP contribution in [-0.4, -0.2) is 34.1 Å². The van der Waals surface area contributed by atoms with Gasteiger partial charge in [-0.25, -0.2) is 4.98 Å². The molecule has 0 saturated heterocycles. The average molecular weight is 381 g/mol. The summed E-state index contributed by atoms with van der Waals surface area (Å²) in [5.74, 6) is 0.969. The highest BCUT2D eigenvalue weighted by Gasteiger charge is 2.31. The van der Waals surface area contributed by atoms with Crippen molar-refractivity contribution in [2.24, 2.45) is 7.05 Å². The van der Waals surface area contributed by atoms with Gasteiger partial charge in [0.1, 0.15) is 5.82 Å². The summed E-state index contributed by atoms with van der Waals surface area (Å²) in [4.78, 5) is 5.72. The van der Waals surface area contributed by atoms with Crippen molar-refractivity contribution in [3.8, 4) is 0 Å². The monoisotopic (exact) mass is 381 g/mol. The fourth-order valence-electron chi connectivity index (χ4n) is 2.54. The number of benzene rings is 1. The SMILES string of the molecule is CN(CCSNc1cccc2cnn(C)c12)c1cc(C(F)(F)F)ccn1. The summed E-state index contributed by atoms with van der Waals surface area (Å²) in [6.07, 6.45) is -1.38. The zero-order chi connectivity index (χ0) is 18.7. The van der Waals surface area contributed by atoms with Crippen LogP contribution in [0.1, 0.15) is 5.56 Å². The van der Waals surface area contributed by atoms with E-state index in [1.807, 2.05) is 25.2 Å². The van der Waals surface area contributed by atoms with E-state index in [1.54, 1.807) is 22.8 Å². The van der Waals surface area contributed by atoms with Gasteiger partial charge in [0.25, 0.3) is 0 Å². The Bertz CT molecular complexity index is 893. The van der Waals surface area contributed by atoms with Gasteiger partial charge in [0.2, 0.25) is 0 Å². The number of halogens is 3. The third-order valence-corrected chi connectivity index (χ3v) is 4.69. The highest BCUT2D eigenvalue weighted by molar-refractivity contribution is 8.00. The van der Waals surface area contributed by atoms with Crippen molar-refractivity contribution in [2.45, 2.75) is 6.18 Å². The van der Waals surface area contributed by atoms with Crippen LogP contribution in [0.5, 0.6) is 0 Å². The van der Waals surface area contributed by atoms with Crippen LogP contribution in [0.3, 0.4) is 0 Å². The maximum absolute atomic E-state index is 12.8. The molecule has 0 amide bonds. The molecule has 26 heavy (non-hydrogen) atoms. The lowest BCUT2D eigenvalue weighted by Gasteiger charge is -2.19. The second kappa shape index (κ2) is 7.45. The Morgan fingerprint density at radius 2 is 2.08 bits per heavy atom. The van der Waals surface area contributed by atoms with E-state index in [1.165, 1.54) is 18.1 Å². The van der Waals surface area contributed by atoms with E-state index in [0.717, 1.165) is 28.7 Å². The minimum absolute atomic E-state index is 0.300. The predicted octanol–water partition coefficient (Wildman–Crippen LogP) is 4.18. The molecule has 0 aliphatic heterocycles. The molecule has 9 heteroatoms. The number of hydrogen-bond acceptors (Lipinski definition) is 5. The number of rotatable bonds is 6. The molecule has 0 radical (unpaired) electrons. The predicted molar refractivity (Wildman–Crippen MR) is 99.3 cm³/mol. The third kappa shape index (κ3) is 4.04. The number of para-hydroxylation sites is 1. The van der Waals surface area contributed by atoms with Crippen LogP contribution in [0.25, 0.3) is 10.9 Å². The summed E-state index contributed by atoms with van der Waals surface area (Å²) in [6.45, 7) is 0.549. The standard InChI is InChI=1S/C17H18F3N5S/c1-24(15-10-13(6-7-21-15)17(18,19)20)8-9-26-23-14-5-3-4-12-11-22-25(2)16(12)14/h3-7,10-11,23H,8-9H2,1-2H3. The number of anilines is 2. The van der Waals surface area contributed by atoms with Gasteiger partial charge in [0, 0.05) is 38.0 Å². The average Bonchev–Trinajstić information content (AvgIpc) is 3.00. The molecule has 0 atom stereocenters. The molecule has 0 bridgehead atoms. The van der Waals surface area contributed by atoms with Crippen molar-refractivity contribution in [2.75, 3.05) is 29.0 Å². The van der Waals surface area contributed by atoms with E-state index in [9.17, 15) is 13.2 Å². The van der Waals surface area contributed by atoms with Crippen LogP contribution >= 0.6 is 11.9 Å². The molecule has 0 saturated carbocycles. The maximum Gasteiger partial charge on any atom is 0.416 e. The summed E-state index contributed by atoms with van der Waals surface area (Å²) in [7, 11) is 3.61. The number of nitrogens with one attached hydrogen (secondary N) is 1. The summed E-state index contributed by atoms with van der Waals surface area (Å²) < 4.78 is 43.5. The molecule has 0 aliphatic rings. The van der Waals surface area contributed by atoms with Crippen LogP contribution in [0.15, 0.2) is 42.7 Å². The zero-order valence-corrected chi connectivity index (χ0v) is 15.1. The van der Waals surface area contributed by atoms with E-state index < -0.39 is 11.7 Å². The molecule has 0 fully saturated rings. The lowest BCUT2D eigenvalue weighted by atomic mass is 10.2. The van der Waals surface area contributed by atoms with Crippen molar-refractivity contribution < 1.29 is 13.2 Å². The number of hydrogen-bond donors (Lipinski definition) is 1. The molecule has 3 rings (SSSR count). The first-order chi connectivity index (χ1) is 12.4. The van der Waals surface area contributed by atoms with E-state index in [4.69, 9.17) is 0 Å². The van der Waals surface area contributed by atoms with E-state index in [2.05, 4.69) is 14.8 Å². The second-order valence-electron chi connectivity index (χ2n) is 5.78. The Morgan fingerprint density at radius 1 is 1.27 bits per heavy atom. The smallest absolute Gasteiger partial charge is 0.359 e. The van der Waals surface area contributed by atoms with Gasteiger partial charge >= 0.3 is 6.18 Å². The number of fused-ring (bicyclic) bond motifs is 1. The summed E-state index contributed by atoms with van der Waals surface area (Å²) >= 11 is 1.48. The van der Waals surface area contributed by atoms with Gasteiger partial charge in [-0.05, 0) is 18.2 Å². The van der Waals surface area contributed by atoms with Crippen LogP contribution < -0.4 is 9.62 Å². The summed E-state index contributed by atoms with van der Waals surface area (Å²) in [5.41, 5.74) is 1.27. The van der Waals surface area contributed by atoms with Gasteiger partial charge in [-0.2, -0.15) is 18.3 Å². The van der Waals surface area contributed by atoms with Crippen molar-refractivity contribution in [1.29, 1.82) is 0 Å². The van der Waals surface area contributed by atoms with Gasteiger partial charge in [-0.1, -0.05) is 24.1 Å². The lowest BCUT2D eigenvalue weighted by Crippen LogP contribution is -2.22. The minimum Gasteiger partial charge on any atom is -0.359 e. The Hall–Kier alpha value is -2.42. The zero-order valence-electron chi connectivity index (χ0n) is 14.3. The molecule has 1 N–H and O–H groups in total.